The molecule has 0 radical (unpaired) electrons. The van der Waals surface area contributed by atoms with Gasteiger partial charge in [-0.25, -0.2) is 9.97 Å². The summed E-state index contributed by atoms with van der Waals surface area (Å²) >= 11 is 0. The Balaban J connectivity index is 2.63. The first-order chi connectivity index (χ1) is 4.47. The van der Waals surface area contributed by atoms with Gasteiger partial charge in [0, 0.05) is 18.0 Å². The molecular formula is C6H5N3. The molecule has 2 heterocycles. The van der Waals surface area contributed by atoms with Gasteiger partial charge in [0.25, 0.3) is 0 Å². The highest BCUT2D eigenvalue weighted by Gasteiger charge is 2.04. The summed E-state index contributed by atoms with van der Waals surface area (Å²) < 4.78 is 0. The highest BCUT2D eigenvalue weighted by Crippen LogP contribution is 2.07. The topological polar surface area (TPSA) is 38.1 Å². The number of nitrogens with zero attached hydrogens (tertiary/aromatic N) is 3. The molecule has 9 heavy (non-hydrogen) atoms. The number of hydrogen-bond donors (Lipinski definition) is 0. The van der Waals surface area contributed by atoms with Crippen molar-refractivity contribution in [1.82, 2.24) is 9.97 Å². The fraction of sp³-hybridized carbons (Fsp3) is 0.167. The van der Waals surface area contributed by atoms with Crippen LogP contribution in [-0.2, 0) is 6.54 Å². The lowest BCUT2D eigenvalue weighted by molar-refractivity contribution is 1.04. The fourth-order valence-electron chi connectivity index (χ4n) is 0.836. The Morgan fingerprint density at radius 2 is 2.44 bits per heavy atom. The zero-order chi connectivity index (χ0) is 6.10. The Morgan fingerprint density at radius 1 is 1.44 bits per heavy atom. The number of fused-ring (bicyclic) bond motifs is 1. The van der Waals surface area contributed by atoms with Crippen molar-refractivity contribution in [3.8, 4) is 0 Å². The smallest absolute Gasteiger partial charge is 0.116 e. The van der Waals surface area contributed by atoms with Gasteiger partial charge in [0.05, 0.1) is 12.2 Å². The van der Waals surface area contributed by atoms with Gasteiger partial charge in [-0.05, 0) is 0 Å². The van der Waals surface area contributed by atoms with Gasteiger partial charge in [-0.1, -0.05) is 0 Å². The molecule has 2 rings (SSSR count). The Labute approximate surface area is 52.5 Å². The van der Waals surface area contributed by atoms with E-state index in [1.54, 1.807) is 12.4 Å². The van der Waals surface area contributed by atoms with E-state index in [9.17, 15) is 0 Å². The van der Waals surface area contributed by atoms with Crippen molar-refractivity contribution in [3.05, 3.63) is 23.8 Å². The monoisotopic (exact) mass is 119 g/mol. The summed E-state index contributed by atoms with van der Waals surface area (Å²) in [6.07, 6.45) is 5.11. The Morgan fingerprint density at radius 3 is 3.33 bits per heavy atom. The predicted molar refractivity (Wildman–Crippen MR) is 33.3 cm³/mol. The van der Waals surface area contributed by atoms with Crippen LogP contribution in [0.15, 0.2) is 17.5 Å². The van der Waals surface area contributed by atoms with E-state index in [1.807, 2.05) is 0 Å². The first kappa shape index (κ1) is 4.61. The van der Waals surface area contributed by atoms with Crippen LogP contribution in [0.1, 0.15) is 11.3 Å². The van der Waals surface area contributed by atoms with Crippen molar-refractivity contribution < 1.29 is 0 Å². The van der Waals surface area contributed by atoms with Gasteiger partial charge in [0.2, 0.25) is 0 Å². The minimum atomic E-state index is 0.746. The highest BCUT2D eigenvalue weighted by atomic mass is 14.9. The van der Waals surface area contributed by atoms with Gasteiger partial charge in [-0.15, -0.1) is 0 Å². The van der Waals surface area contributed by atoms with E-state index in [-0.39, 0.29) is 0 Å². The van der Waals surface area contributed by atoms with Crippen LogP contribution in [0.3, 0.4) is 0 Å². The molecule has 0 bridgehead atoms. The third kappa shape index (κ3) is 0.614. The van der Waals surface area contributed by atoms with Gasteiger partial charge in [0.1, 0.15) is 6.33 Å². The Hall–Kier alpha value is -1.25. The molecule has 0 aliphatic carbocycles. The summed E-state index contributed by atoms with van der Waals surface area (Å²) in [7, 11) is 0. The largest absolute Gasteiger partial charge is 0.286 e. The molecule has 3 heteroatoms. The maximum Gasteiger partial charge on any atom is 0.116 e. The van der Waals surface area contributed by atoms with Gasteiger partial charge in [0.15, 0.2) is 0 Å². The molecule has 0 aromatic carbocycles. The minimum Gasteiger partial charge on any atom is -0.286 e. The second-order valence-corrected chi connectivity index (χ2v) is 1.90. The van der Waals surface area contributed by atoms with Gasteiger partial charge in [-0.2, -0.15) is 0 Å². The van der Waals surface area contributed by atoms with Crippen molar-refractivity contribution in [1.29, 1.82) is 0 Å². The molecule has 1 aromatic heterocycles. The Bertz CT molecular complexity index is 254. The molecule has 1 aliphatic heterocycles. The molecule has 0 amide bonds. The molecule has 0 saturated heterocycles. The molecule has 0 spiro atoms. The van der Waals surface area contributed by atoms with Crippen LogP contribution in [0, 0.1) is 0 Å². The molecule has 0 atom stereocenters. The Kier molecular flexibility index (Phi) is 0.828. The standard InChI is InChI=1S/C6H5N3/c1-5-2-8-4-9-6(5)3-7-1/h2-4H,1H2. The van der Waals surface area contributed by atoms with Crippen LogP contribution >= 0.6 is 0 Å². The molecule has 1 aliphatic rings. The van der Waals surface area contributed by atoms with Gasteiger partial charge >= 0.3 is 0 Å². The van der Waals surface area contributed by atoms with E-state index in [4.69, 9.17) is 0 Å². The third-order valence-electron chi connectivity index (χ3n) is 1.30. The van der Waals surface area contributed by atoms with E-state index in [0.29, 0.717) is 0 Å². The van der Waals surface area contributed by atoms with E-state index in [2.05, 4.69) is 15.0 Å². The summed E-state index contributed by atoms with van der Waals surface area (Å²) in [4.78, 5) is 11.9. The first-order valence-electron chi connectivity index (χ1n) is 2.75. The van der Waals surface area contributed by atoms with E-state index in [0.717, 1.165) is 17.8 Å². The molecule has 0 saturated carbocycles. The summed E-state index contributed by atoms with van der Waals surface area (Å²) in [5.74, 6) is 0. The van der Waals surface area contributed by atoms with Crippen molar-refractivity contribution in [3.63, 3.8) is 0 Å². The summed E-state index contributed by atoms with van der Waals surface area (Å²) in [5, 5.41) is 0. The molecule has 3 nitrogen and oxygen atoms in total. The molecular weight excluding hydrogens is 114 g/mol. The number of aromatic nitrogens is 2. The second-order valence-electron chi connectivity index (χ2n) is 1.90. The van der Waals surface area contributed by atoms with E-state index in [1.165, 1.54) is 6.33 Å². The highest BCUT2D eigenvalue weighted by molar-refractivity contribution is 5.81. The van der Waals surface area contributed by atoms with Crippen LogP contribution in [0.5, 0.6) is 0 Å². The van der Waals surface area contributed by atoms with Gasteiger partial charge in [-0.3, -0.25) is 4.99 Å². The molecule has 1 aromatic rings. The first-order valence-corrected chi connectivity index (χ1v) is 2.75. The van der Waals surface area contributed by atoms with Crippen LogP contribution in [0.25, 0.3) is 0 Å². The molecule has 44 valence electrons. The SMILES string of the molecule is C1=NCc2cncnc21. The lowest BCUT2D eigenvalue weighted by Crippen LogP contribution is -1.88. The maximum atomic E-state index is 4.02. The van der Waals surface area contributed by atoms with E-state index < -0.39 is 0 Å². The van der Waals surface area contributed by atoms with Gasteiger partial charge < -0.3 is 0 Å². The average molecular weight is 119 g/mol. The summed E-state index contributed by atoms with van der Waals surface area (Å²) in [5.41, 5.74) is 2.09. The lowest BCUT2D eigenvalue weighted by Gasteiger charge is -1.89. The van der Waals surface area contributed by atoms with Crippen molar-refractivity contribution in [2.24, 2.45) is 4.99 Å². The normalized spacial score (nSPS) is 13.8. The number of rotatable bonds is 0. The maximum absolute atomic E-state index is 4.02. The quantitative estimate of drug-likeness (QED) is 0.496. The molecule has 0 fully saturated rings. The van der Waals surface area contributed by atoms with Crippen LogP contribution in [0.2, 0.25) is 0 Å². The number of hydrogen-bond acceptors (Lipinski definition) is 3. The van der Waals surface area contributed by atoms with Crippen molar-refractivity contribution >= 4 is 6.21 Å². The zero-order valence-electron chi connectivity index (χ0n) is 4.78. The molecule has 0 N–H and O–H groups in total. The zero-order valence-corrected chi connectivity index (χ0v) is 4.78. The summed E-state index contributed by atoms with van der Waals surface area (Å²) in [6.45, 7) is 0.746. The lowest BCUT2D eigenvalue weighted by atomic mass is 10.3. The summed E-state index contributed by atoms with van der Waals surface area (Å²) in [6, 6.07) is 0. The number of aliphatic imine (C=N–C) groups is 1. The van der Waals surface area contributed by atoms with E-state index >= 15 is 0 Å². The minimum absolute atomic E-state index is 0.746. The second kappa shape index (κ2) is 1.62. The third-order valence-corrected chi connectivity index (χ3v) is 1.30. The van der Waals surface area contributed by atoms with Crippen molar-refractivity contribution in [2.75, 3.05) is 0 Å². The van der Waals surface area contributed by atoms with Crippen molar-refractivity contribution in [2.45, 2.75) is 6.54 Å². The fourth-order valence-corrected chi connectivity index (χ4v) is 0.836. The van der Waals surface area contributed by atoms with Crippen LogP contribution < -0.4 is 0 Å². The van der Waals surface area contributed by atoms with Crippen LogP contribution in [0.4, 0.5) is 0 Å². The predicted octanol–water partition coefficient (Wildman–Crippen LogP) is 0.409. The average Bonchev–Trinajstić information content (AvgIpc) is 2.33. The van der Waals surface area contributed by atoms with Crippen LogP contribution in [-0.4, -0.2) is 16.2 Å². The molecule has 0 unspecified atom stereocenters.